The van der Waals surface area contributed by atoms with Gasteiger partial charge in [0, 0.05) is 26.2 Å². The average molecular weight is 389 g/mol. The molecule has 1 fully saturated rings. The van der Waals surface area contributed by atoms with Gasteiger partial charge in [-0.25, -0.2) is 4.79 Å². The normalized spacial score (nSPS) is 23.8. The summed E-state index contributed by atoms with van der Waals surface area (Å²) in [5.41, 5.74) is 4.15. The molecule has 1 aliphatic carbocycles. The summed E-state index contributed by atoms with van der Waals surface area (Å²) in [6, 6.07) is 16.4. The van der Waals surface area contributed by atoms with E-state index in [0.29, 0.717) is 13.0 Å². The van der Waals surface area contributed by atoms with Crippen LogP contribution in [0.4, 0.5) is 4.79 Å². The minimum atomic E-state index is -0.851. The first-order valence-corrected chi connectivity index (χ1v) is 10.7. The number of benzene rings is 2. The number of hydrogen-bond donors (Lipinski definition) is 1. The van der Waals surface area contributed by atoms with E-state index in [0.717, 1.165) is 50.9 Å². The molecule has 29 heavy (non-hydrogen) atoms. The molecular formula is C24H27N3O2. The van der Waals surface area contributed by atoms with Crippen molar-refractivity contribution in [3.63, 3.8) is 0 Å². The number of aryl methyl sites for hydroxylation is 1. The predicted octanol–water partition coefficient (Wildman–Crippen LogP) is 3.22. The van der Waals surface area contributed by atoms with Crippen LogP contribution in [0, 0.1) is 0 Å². The van der Waals surface area contributed by atoms with Gasteiger partial charge in [0.15, 0.2) is 0 Å². The first-order valence-electron chi connectivity index (χ1n) is 10.7. The number of nitrogens with one attached hydrogen (secondary N) is 1. The number of nitrogens with zero attached hydrogens (tertiary/aromatic N) is 2. The van der Waals surface area contributed by atoms with Gasteiger partial charge in [0.2, 0.25) is 0 Å². The summed E-state index contributed by atoms with van der Waals surface area (Å²) in [4.78, 5) is 29.9. The van der Waals surface area contributed by atoms with E-state index in [2.05, 4.69) is 40.5 Å². The molecule has 1 atom stereocenters. The van der Waals surface area contributed by atoms with Gasteiger partial charge in [-0.1, -0.05) is 48.5 Å². The minimum absolute atomic E-state index is 0.0707. The quantitative estimate of drug-likeness (QED) is 0.817. The second-order valence-corrected chi connectivity index (χ2v) is 8.45. The highest BCUT2D eigenvalue weighted by Crippen LogP contribution is 2.39. The highest BCUT2D eigenvalue weighted by Gasteiger charge is 2.53. The fourth-order valence-electron chi connectivity index (χ4n) is 5.21. The summed E-state index contributed by atoms with van der Waals surface area (Å²) in [5.74, 6) is -0.0707. The molecule has 1 N–H and O–H groups in total. The van der Waals surface area contributed by atoms with Gasteiger partial charge >= 0.3 is 6.03 Å². The molecule has 3 aliphatic rings. The fourth-order valence-corrected chi connectivity index (χ4v) is 5.21. The van der Waals surface area contributed by atoms with Crippen LogP contribution in [0.3, 0.4) is 0 Å². The van der Waals surface area contributed by atoms with E-state index < -0.39 is 5.54 Å². The first kappa shape index (κ1) is 18.4. The van der Waals surface area contributed by atoms with Crippen molar-refractivity contribution in [3.8, 4) is 0 Å². The lowest BCUT2D eigenvalue weighted by Crippen LogP contribution is -2.46. The molecule has 0 saturated carbocycles. The third-order valence-electron chi connectivity index (χ3n) is 6.72. The highest BCUT2D eigenvalue weighted by atomic mass is 16.2. The van der Waals surface area contributed by atoms with E-state index in [4.69, 9.17) is 0 Å². The van der Waals surface area contributed by atoms with Crippen LogP contribution in [0.2, 0.25) is 0 Å². The lowest BCUT2D eigenvalue weighted by Gasteiger charge is -2.33. The van der Waals surface area contributed by atoms with E-state index in [1.807, 2.05) is 18.2 Å². The van der Waals surface area contributed by atoms with Gasteiger partial charge in [-0.2, -0.15) is 0 Å². The van der Waals surface area contributed by atoms with Crippen LogP contribution in [0.15, 0.2) is 48.5 Å². The van der Waals surface area contributed by atoms with Gasteiger partial charge in [-0.05, 0) is 54.4 Å². The maximum Gasteiger partial charge on any atom is 0.325 e. The van der Waals surface area contributed by atoms with Crippen molar-refractivity contribution in [3.05, 3.63) is 70.8 Å². The number of carbonyl (C=O) groups excluding carboxylic acids is 2. The fraction of sp³-hybridized carbons (Fsp3) is 0.417. The third-order valence-corrected chi connectivity index (χ3v) is 6.72. The van der Waals surface area contributed by atoms with Gasteiger partial charge in [-0.15, -0.1) is 0 Å². The molecule has 1 unspecified atom stereocenters. The first-order chi connectivity index (χ1) is 14.2. The van der Waals surface area contributed by atoms with Crippen molar-refractivity contribution in [2.24, 2.45) is 0 Å². The number of fused-ring (bicyclic) bond motifs is 3. The third kappa shape index (κ3) is 3.14. The minimum Gasteiger partial charge on any atom is -0.319 e. The molecule has 0 aromatic heterocycles. The number of urea groups is 1. The Morgan fingerprint density at radius 3 is 2.52 bits per heavy atom. The second kappa shape index (κ2) is 7.30. The van der Waals surface area contributed by atoms with Gasteiger partial charge in [0.05, 0.1) is 0 Å². The Morgan fingerprint density at radius 1 is 0.897 bits per heavy atom. The molecule has 2 aliphatic heterocycles. The van der Waals surface area contributed by atoms with Crippen LogP contribution in [0.1, 0.15) is 41.5 Å². The molecular weight excluding hydrogens is 362 g/mol. The van der Waals surface area contributed by atoms with Crippen LogP contribution in [-0.4, -0.2) is 41.4 Å². The lowest BCUT2D eigenvalue weighted by molar-refractivity contribution is -0.132. The summed E-state index contributed by atoms with van der Waals surface area (Å²) < 4.78 is 0. The molecule has 1 saturated heterocycles. The number of amides is 3. The van der Waals surface area contributed by atoms with Gasteiger partial charge < -0.3 is 5.32 Å². The van der Waals surface area contributed by atoms with E-state index in [9.17, 15) is 9.59 Å². The lowest BCUT2D eigenvalue weighted by atomic mass is 9.76. The van der Waals surface area contributed by atoms with Gasteiger partial charge in [-0.3, -0.25) is 14.6 Å². The molecule has 2 aromatic rings. The largest absolute Gasteiger partial charge is 0.325 e. The van der Waals surface area contributed by atoms with E-state index >= 15 is 0 Å². The Hall–Kier alpha value is -2.66. The standard InChI is InChI=1S/C24H27N3O2/c28-22-24(13-5-10-19-8-3-4-11-21(19)24)25-23(29)27(22)15-6-14-26-16-12-18-7-1-2-9-20(18)17-26/h1-4,7-9,11H,5-6,10,12-17H2,(H,25,29). The molecule has 0 radical (unpaired) electrons. The number of hydrogen-bond acceptors (Lipinski definition) is 3. The molecule has 2 heterocycles. The van der Waals surface area contributed by atoms with Crippen LogP contribution in [0.5, 0.6) is 0 Å². The van der Waals surface area contributed by atoms with E-state index in [1.54, 1.807) is 0 Å². The van der Waals surface area contributed by atoms with Crippen LogP contribution >= 0.6 is 0 Å². The second-order valence-electron chi connectivity index (χ2n) is 8.45. The smallest absolute Gasteiger partial charge is 0.319 e. The summed E-state index contributed by atoms with van der Waals surface area (Å²) >= 11 is 0. The maximum atomic E-state index is 13.3. The number of rotatable bonds is 4. The Bertz CT molecular complexity index is 957. The predicted molar refractivity (Wildman–Crippen MR) is 111 cm³/mol. The average Bonchev–Trinajstić information content (AvgIpc) is 2.98. The highest BCUT2D eigenvalue weighted by molar-refractivity contribution is 6.07. The molecule has 0 bridgehead atoms. The molecule has 2 aromatic carbocycles. The van der Waals surface area contributed by atoms with Gasteiger partial charge in [0.25, 0.3) is 5.91 Å². The SMILES string of the molecule is O=C1NC2(CCCc3ccccc32)C(=O)N1CCCN1CCc2ccccc2C1. The Morgan fingerprint density at radius 2 is 1.66 bits per heavy atom. The zero-order valence-electron chi connectivity index (χ0n) is 16.7. The molecule has 5 heteroatoms. The zero-order chi connectivity index (χ0) is 19.8. The van der Waals surface area contributed by atoms with E-state index in [1.165, 1.54) is 21.6 Å². The van der Waals surface area contributed by atoms with Crippen molar-refractivity contribution in [1.82, 2.24) is 15.1 Å². The molecule has 5 nitrogen and oxygen atoms in total. The van der Waals surface area contributed by atoms with Gasteiger partial charge in [0.1, 0.15) is 5.54 Å². The van der Waals surface area contributed by atoms with Crippen molar-refractivity contribution in [1.29, 1.82) is 0 Å². The van der Waals surface area contributed by atoms with Crippen LogP contribution < -0.4 is 5.32 Å². The van der Waals surface area contributed by atoms with Crippen LogP contribution in [0.25, 0.3) is 0 Å². The Balaban J connectivity index is 1.24. The van der Waals surface area contributed by atoms with Crippen molar-refractivity contribution < 1.29 is 9.59 Å². The monoisotopic (exact) mass is 389 g/mol. The van der Waals surface area contributed by atoms with Crippen molar-refractivity contribution in [2.45, 2.75) is 44.2 Å². The van der Waals surface area contributed by atoms with E-state index in [-0.39, 0.29) is 11.9 Å². The molecule has 5 rings (SSSR count). The Kier molecular flexibility index (Phi) is 4.63. The van der Waals surface area contributed by atoms with Crippen molar-refractivity contribution >= 4 is 11.9 Å². The molecule has 150 valence electrons. The molecule has 1 spiro atoms. The summed E-state index contributed by atoms with van der Waals surface area (Å²) in [6.07, 6.45) is 4.45. The molecule has 3 amide bonds. The van der Waals surface area contributed by atoms with Crippen molar-refractivity contribution in [2.75, 3.05) is 19.6 Å². The van der Waals surface area contributed by atoms with Crippen LogP contribution in [-0.2, 0) is 29.7 Å². The maximum absolute atomic E-state index is 13.3. The summed E-state index contributed by atoms with van der Waals surface area (Å²) in [5, 5.41) is 3.05. The Labute approximate surface area is 171 Å². The zero-order valence-corrected chi connectivity index (χ0v) is 16.7. The number of carbonyl (C=O) groups is 2. The topological polar surface area (TPSA) is 52.7 Å². The summed E-state index contributed by atoms with van der Waals surface area (Å²) in [6.45, 7) is 3.36. The number of imide groups is 1. The summed E-state index contributed by atoms with van der Waals surface area (Å²) in [7, 11) is 0.